The molecule has 5 heteroatoms. The highest BCUT2D eigenvalue weighted by atomic mass is 16.5. The molecular formula is C15H25N3O2. The summed E-state index contributed by atoms with van der Waals surface area (Å²) in [5.41, 5.74) is 6.47. The van der Waals surface area contributed by atoms with Gasteiger partial charge in [0.15, 0.2) is 0 Å². The average molecular weight is 279 g/mol. The van der Waals surface area contributed by atoms with E-state index in [0.29, 0.717) is 6.54 Å². The summed E-state index contributed by atoms with van der Waals surface area (Å²) >= 11 is 0. The molecule has 0 aliphatic carbocycles. The van der Waals surface area contributed by atoms with Gasteiger partial charge >= 0.3 is 0 Å². The lowest BCUT2D eigenvalue weighted by Gasteiger charge is -2.30. The molecule has 1 atom stereocenters. The Labute approximate surface area is 121 Å². The van der Waals surface area contributed by atoms with E-state index in [4.69, 9.17) is 10.5 Å². The maximum Gasteiger partial charge on any atom is 0.233 e. The second kappa shape index (κ2) is 8.55. The summed E-state index contributed by atoms with van der Waals surface area (Å²) in [4.78, 5) is 13.7. The van der Waals surface area contributed by atoms with Gasteiger partial charge in [0.2, 0.25) is 5.91 Å². The van der Waals surface area contributed by atoms with Crippen LogP contribution in [-0.2, 0) is 4.79 Å². The summed E-state index contributed by atoms with van der Waals surface area (Å²) in [5.74, 6) is 0.690. The first-order valence-electron chi connectivity index (χ1n) is 7.01. The lowest BCUT2D eigenvalue weighted by Crippen LogP contribution is -2.40. The van der Waals surface area contributed by atoms with Crippen molar-refractivity contribution >= 4 is 5.91 Å². The van der Waals surface area contributed by atoms with Crippen LogP contribution in [0.5, 0.6) is 5.75 Å². The number of methoxy groups -OCH3 is 1. The van der Waals surface area contributed by atoms with Crippen molar-refractivity contribution in [1.82, 2.24) is 10.2 Å². The predicted molar refractivity (Wildman–Crippen MR) is 80.7 cm³/mol. The van der Waals surface area contributed by atoms with Gasteiger partial charge in [0.05, 0.1) is 19.7 Å². The van der Waals surface area contributed by atoms with Gasteiger partial charge in [-0.15, -0.1) is 0 Å². The van der Waals surface area contributed by atoms with Crippen LogP contribution in [0.3, 0.4) is 0 Å². The summed E-state index contributed by atoms with van der Waals surface area (Å²) in [6, 6.07) is 8.07. The third kappa shape index (κ3) is 4.51. The van der Waals surface area contributed by atoms with Crippen LogP contribution in [0, 0.1) is 0 Å². The van der Waals surface area contributed by atoms with Gasteiger partial charge in [-0.3, -0.25) is 9.69 Å². The van der Waals surface area contributed by atoms with E-state index < -0.39 is 0 Å². The van der Waals surface area contributed by atoms with Crippen molar-refractivity contribution < 1.29 is 9.53 Å². The predicted octanol–water partition coefficient (Wildman–Crippen LogP) is 1.15. The number of likely N-dealkylation sites (N-methyl/N-ethyl adjacent to an activating group) is 1. The molecule has 20 heavy (non-hydrogen) atoms. The monoisotopic (exact) mass is 279 g/mol. The highest BCUT2D eigenvalue weighted by Crippen LogP contribution is 2.23. The zero-order chi connectivity index (χ0) is 15.0. The number of nitrogens with one attached hydrogen (secondary N) is 1. The van der Waals surface area contributed by atoms with Gasteiger partial charge in [0.25, 0.3) is 0 Å². The van der Waals surface area contributed by atoms with Crippen molar-refractivity contribution in [3.05, 3.63) is 29.8 Å². The van der Waals surface area contributed by atoms with Crippen LogP contribution >= 0.6 is 0 Å². The van der Waals surface area contributed by atoms with Crippen molar-refractivity contribution in [3.63, 3.8) is 0 Å². The summed E-state index contributed by atoms with van der Waals surface area (Å²) < 4.78 is 5.27. The van der Waals surface area contributed by atoms with Crippen molar-refractivity contribution in [2.45, 2.75) is 19.9 Å². The molecule has 0 saturated carbocycles. The molecule has 0 aliphatic heterocycles. The van der Waals surface area contributed by atoms with E-state index in [1.54, 1.807) is 7.11 Å². The number of nitrogens with two attached hydrogens (primary N) is 1. The number of rotatable bonds is 8. The maximum absolute atomic E-state index is 11.4. The first-order chi connectivity index (χ1) is 9.65. The molecule has 112 valence electrons. The fraction of sp³-hybridized carbons (Fsp3) is 0.533. The van der Waals surface area contributed by atoms with Crippen molar-refractivity contribution in [2.24, 2.45) is 5.73 Å². The number of hydrogen-bond acceptors (Lipinski definition) is 4. The van der Waals surface area contributed by atoms with Crippen LogP contribution in [0.25, 0.3) is 0 Å². The van der Waals surface area contributed by atoms with Crippen LogP contribution in [0.2, 0.25) is 0 Å². The summed E-state index contributed by atoms with van der Waals surface area (Å²) in [7, 11) is 1.65. The summed E-state index contributed by atoms with van der Waals surface area (Å²) in [6.07, 6.45) is 0. The Morgan fingerprint density at radius 1 is 1.40 bits per heavy atom. The Morgan fingerprint density at radius 2 is 2.10 bits per heavy atom. The van der Waals surface area contributed by atoms with Crippen LogP contribution in [0.4, 0.5) is 0 Å². The van der Waals surface area contributed by atoms with Gasteiger partial charge in [0, 0.05) is 6.54 Å². The molecule has 1 aromatic rings. The molecule has 0 heterocycles. The first-order valence-corrected chi connectivity index (χ1v) is 7.01. The number of nitrogens with zero attached hydrogens (tertiary/aromatic N) is 1. The minimum absolute atomic E-state index is 0.0169. The van der Waals surface area contributed by atoms with Crippen LogP contribution in [0.1, 0.15) is 25.5 Å². The first kappa shape index (κ1) is 16.5. The number of ether oxygens (including phenoxy) is 1. The van der Waals surface area contributed by atoms with Gasteiger partial charge in [-0.05, 0) is 30.8 Å². The number of hydrogen-bond donors (Lipinski definition) is 2. The van der Waals surface area contributed by atoms with Crippen LogP contribution in [0.15, 0.2) is 24.3 Å². The Morgan fingerprint density at radius 3 is 2.65 bits per heavy atom. The standard InChI is InChI=1S/C15H25N3O2/c1-4-18(5-2)14(11-17-15(19)10-16)12-7-6-8-13(9-12)20-3/h6-9,14H,4-5,10-11,16H2,1-3H3,(H,17,19). The molecule has 5 nitrogen and oxygen atoms in total. The molecule has 0 aliphatic rings. The largest absolute Gasteiger partial charge is 0.497 e. The molecule has 3 N–H and O–H groups in total. The zero-order valence-corrected chi connectivity index (χ0v) is 12.6. The van der Waals surface area contributed by atoms with Crippen molar-refractivity contribution in [3.8, 4) is 5.75 Å². The van der Waals surface area contributed by atoms with Gasteiger partial charge in [0.1, 0.15) is 5.75 Å². The van der Waals surface area contributed by atoms with E-state index in [2.05, 4.69) is 30.1 Å². The summed E-state index contributed by atoms with van der Waals surface area (Å²) in [5, 5.41) is 2.87. The molecule has 1 unspecified atom stereocenters. The van der Waals surface area contributed by atoms with E-state index in [1.807, 2.05) is 18.2 Å². The topological polar surface area (TPSA) is 67.6 Å². The molecule has 0 fully saturated rings. The minimum Gasteiger partial charge on any atom is -0.497 e. The fourth-order valence-corrected chi connectivity index (χ4v) is 2.25. The molecule has 0 bridgehead atoms. The molecule has 0 saturated heterocycles. The van der Waals surface area contributed by atoms with E-state index in [1.165, 1.54) is 0 Å². The SMILES string of the molecule is CCN(CC)C(CNC(=O)CN)c1cccc(OC)c1. The number of amides is 1. The molecule has 0 aromatic heterocycles. The smallest absolute Gasteiger partial charge is 0.233 e. The third-order valence-corrected chi connectivity index (χ3v) is 3.41. The van der Waals surface area contributed by atoms with Gasteiger partial charge < -0.3 is 15.8 Å². The molecule has 1 amide bonds. The van der Waals surface area contributed by atoms with Gasteiger partial charge in [-0.2, -0.15) is 0 Å². The van der Waals surface area contributed by atoms with Gasteiger partial charge in [-0.1, -0.05) is 26.0 Å². The average Bonchev–Trinajstić information content (AvgIpc) is 2.51. The Kier molecular flexibility index (Phi) is 7.04. The highest BCUT2D eigenvalue weighted by molar-refractivity contribution is 5.77. The highest BCUT2D eigenvalue weighted by Gasteiger charge is 2.19. The quantitative estimate of drug-likeness (QED) is 0.749. The lowest BCUT2D eigenvalue weighted by molar-refractivity contribution is -0.120. The van der Waals surface area contributed by atoms with Crippen LogP contribution in [-0.4, -0.2) is 44.1 Å². The van der Waals surface area contributed by atoms with Crippen LogP contribution < -0.4 is 15.8 Å². The van der Waals surface area contributed by atoms with E-state index in [9.17, 15) is 4.79 Å². The van der Waals surface area contributed by atoms with E-state index in [-0.39, 0.29) is 18.5 Å². The lowest BCUT2D eigenvalue weighted by atomic mass is 10.0. The molecule has 0 radical (unpaired) electrons. The third-order valence-electron chi connectivity index (χ3n) is 3.41. The number of carbonyl (C=O) groups excluding carboxylic acids is 1. The molecular weight excluding hydrogens is 254 g/mol. The second-order valence-electron chi connectivity index (χ2n) is 4.52. The molecule has 0 spiro atoms. The fourth-order valence-electron chi connectivity index (χ4n) is 2.25. The van der Waals surface area contributed by atoms with Gasteiger partial charge in [-0.25, -0.2) is 0 Å². The zero-order valence-electron chi connectivity index (χ0n) is 12.6. The maximum atomic E-state index is 11.4. The Balaban J connectivity index is 2.92. The second-order valence-corrected chi connectivity index (χ2v) is 4.52. The van der Waals surface area contributed by atoms with Crippen molar-refractivity contribution in [2.75, 3.05) is 33.3 Å². The van der Waals surface area contributed by atoms with Crippen molar-refractivity contribution in [1.29, 1.82) is 0 Å². The Hall–Kier alpha value is -1.59. The molecule has 1 rings (SSSR count). The summed E-state index contributed by atoms with van der Waals surface area (Å²) in [6.45, 7) is 6.62. The van der Waals surface area contributed by atoms with E-state index in [0.717, 1.165) is 24.4 Å². The number of benzene rings is 1. The number of carbonyl (C=O) groups is 1. The minimum atomic E-state index is -0.134. The molecule has 1 aromatic carbocycles. The normalized spacial score (nSPS) is 12.2. The van der Waals surface area contributed by atoms with E-state index >= 15 is 0 Å². The Bertz CT molecular complexity index is 419.